The minimum Gasteiger partial charge on any atom is -0.469 e. The van der Waals surface area contributed by atoms with Crippen molar-refractivity contribution >= 4 is 17.3 Å². The molecule has 0 bridgehead atoms. The Morgan fingerprint density at radius 2 is 1.88 bits per heavy atom. The lowest BCUT2D eigenvalue weighted by molar-refractivity contribution is -0.152. The third kappa shape index (κ3) is 3.67. The highest BCUT2D eigenvalue weighted by molar-refractivity contribution is 5.87. The fourth-order valence-electron chi connectivity index (χ4n) is 4.56. The third-order valence-corrected chi connectivity index (χ3v) is 6.70. The van der Waals surface area contributed by atoms with E-state index in [0.29, 0.717) is 5.56 Å². The number of carbonyl (C=O) groups excluding carboxylic acids is 1. The molecule has 1 saturated heterocycles. The van der Waals surface area contributed by atoms with Crippen LogP contribution in [0.15, 0.2) is 49.2 Å². The molecule has 0 amide bonds. The molecule has 1 aliphatic heterocycles. The van der Waals surface area contributed by atoms with Gasteiger partial charge < -0.3 is 9.64 Å². The molecule has 0 N–H and O–H groups in total. The van der Waals surface area contributed by atoms with E-state index in [1.807, 2.05) is 50.8 Å². The SMILES string of the molecule is COC(=O)C1(C)CCN(c2ccc(-c3cc(-c4cnn(C)c4)cn4ncc(C#N)c34)cn2)CC1. The molecule has 4 aromatic rings. The van der Waals surface area contributed by atoms with Gasteiger partial charge in [-0.05, 0) is 38.0 Å². The van der Waals surface area contributed by atoms with Crippen molar-refractivity contribution in [3.63, 3.8) is 0 Å². The van der Waals surface area contributed by atoms with Gasteiger partial charge in [0.1, 0.15) is 11.9 Å². The van der Waals surface area contributed by atoms with Crippen LogP contribution in [0.5, 0.6) is 0 Å². The number of ether oxygens (including phenoxy) is 1. The third-order valence-electron chi connectivity index (χ3n) is 6.70. The van der Waals surface area contributed by atoms with Crippen molar-refractivity contribution in [1.29, 1.82) is 5.26 Å². The van der Waals surface area contributed by atoms with Gasteiger partial charge in [0.05, 0.1) is 36.0 Å². The molecule has 0 aliphatic carbocycles. The van der Waals surface area contributed by atoms with Gasteiger partial charge in [-0.3, -0.25) is 9.48 Å². The number of carbonyl (C=O) groups is 1. The molecule has 1 aliphatic rings. The van der Waals surface area contributed by atoms with Gasteiger partial charge in [-0.15, -0.1) is 0 Å². The molecule has 34 heavy (non-hydrogen) atoms. The second-order valence-electron chi connectivity index (χ2n) is 8.95. The first-order chi connectivity index (χ1) is 16.4. The Bertz CT molecular complexity index is 1400. The zero-order valence-corrected chi connectivity index (χ0v) is 19.4. The molecular formula is C25H25N7O2. The molecular weight excluding hydrogens is 430 g/mol. The normalized spacial score (nSPS) is 15.3. The maximum Gasteiger partial charge on any atom is 0.311 e. The summed E-state index contributed by atoms with van der Waals surface area (Å²) in [4.78, 5) is 19.0. The molecule has 0 spiro atoms. The van der Waals surface area contributed by atoms with Crippen LogP contribution in [0.25, 0.3) is 27.8 Å². The molecule has 9 nitrogen and oxygen atoms in total. The minimum absolute atomic E-state index is 0.151. The largest absolute Gasteiger partial charge is 0.469 e. The first kappa shape index (κ1) is 21.6. The number of pyridine rings is 2. The summed E-state index contributed by atoms with van der Waals surface area (Å²) in [6, 6.07) is 8.30. The molecule has 9 heteroatoms. The number of methoxy groups -OCH3 is 1. The Morgan fingerprint density at radius 1 is 1.09 bits per heavy atom. The van der Waals surface area contributed by atoms with Gasteiger partial charge >= 0.3 is 5.97 Å². The number of nitriles is 1. The van der Waals surface area contributed by atoms with Crippen molar-refractivity contribution in [1.82, 2.24) is 24.4 Å². The first-order valence-electron chi connectivity index (χ1n) is 11.1. The van der Waals surface area contributed by atoms with Crippen molar-refractivity contribution in [2.75, 3.05) is 25.1 Å². The molecule has 0 aromatic carbocycles. The van der Waals surface area contributed by atoms with E-state index in [2.05, 4.69) is 21.2 Å². The summed E-state index contributed by atoms with van der Waals surface area (Å²) in [6.07, 6.45) is 10.5. The average Bonchev–Trinajstić information content (AvgIpc) is 3.49. The van der Waals surface area contributed by atoms with Crippen molar-refractivity contribution in [2.24, 2.45) is 12.5 Å². The van der Waals surface area contributed by atoms with E-state index in [4.69, 9.17) is 9.72 Å². The summed E-state index contributed by atoms with van der Waals surface area (Å²) in [5.41, 5.74) is 4.50. The van der Waals surface area contributed by atoms with Crippen LogP contribution in [-0.2, 0) is 16.6 Å². The average molecular weight is 456 g/mol. The number of piperidine rings is 1. The van der Waals surface area contributed by atoms with Crippen molar-refractivity contribution in [3.05, 3.63) is 54.7 Å². The van der Waals surface area contributed by atoms with E-state index >= 15 is 0 Å². The van der Waals surface area contributed by atoms with Crippen LogP contribution in [0.1, 0.15) is 25.3 Å². The van der Waals surface area contributed by atoms with Crippen molar-refractivity contribution in [2.45, 2.75) is 19.8 Å². The molecule has 5 rings (SSSR count). The lowest BCUT2D eigenvalue weighted by atomic mass is 9.80. The standard InChI is InChI=1S/C25H25N7O2/c1-25(24(33)34-3)6-8-31(9-7-25)22-5-4-17(12-27-22)21-10-18(20-14-28-30(2)15-20)16-32-23(21)19(11-26)13-29-32/h4-5,10,12-16H,6-9H2,1-3H3. The number of aryl methyl sites for hydroxylation is 1. The summed E-state index contributed by atoms with van der Waals surface area (Å²) in [7, 11) is 3.32. The molecule has 4 aromatic heterocycles. The van der Waals surface area contributed by atoms with Gasteiger partial charge in [-0.25, -0.2) is 9.50 Å². The monoisotopic (exact) mass is 455 g/mol. The van der Waals surface area contributed by atoms with E-state index in [1.54, 1.807) is 21.6 Å². The smallest absolute Gasteiger partial charge is 0.311 e. The Morgan fingerprint density at radius 3 is 2.50 bits per heavy atom. The van der Waals surface area contributed by atoms with E-state index in [0.717, 1.165) is 59.5 Å². The number of fused-ring (bicyclic) bond motifs is 1. The summed E-state index contributed by atoms with van der Waals surface area (Å²) >= 11 is 0. The number of anilines is 1. The number of rotatable bonds is 4. The van der Waals surface area contributed by atoms with Crippen LogP contribution in [-0.4, -0.2) is 50.5 Å². The Balaban J connectivity index is 1.48. The Hall–Kier alpha value is -4.19. The molecule has 0 unspecified atom stereocenters. The van der Waals surface area contributed by atoms with Gasteiger partial charge in [-0.1, -0.05) is 0 Å². The maximum absolute atomic E-state index is 12.1. The second-order valence-corrected chi connectivity index (χ2v) is 8.95. The number of nitrogens with zero attached hydrogens (tertiary/aromatic N) is 7. The summed E-state index contributed by atoms with van der Waals surface area (Å²) in [5.74, 6) is 0.714. The van der Waals surface area contributed by atoms with Crippen molar-refractivity contribution in [3.8, 4) is 28.3 Å². The lowest BCUT2D eigenvalue weighted by Crippen LogP contribution is -2.43. The quantitative estimate of drug-likeness (QED) is 0.434. The van der Waals surface area contributed by atoms with Gasteiger partial charge in [0.2, 0.25) is 0 Å². The minimum atomic E-state index is -0.445. The second kappa shape index (κ2) is 8.30. The highest BCUT2D eigenvalue weighted by Crippen LogP contribution is 2.35. The molecule has 5 heterocycles. The van der Waals surface area contributed by atoms with Crippen LogP contribution in [0.2, 0.25) is 0 Å². The molecule has 0 saturated carbocycles. The van der Waals surface area contributed by atoms with E-state index in [-0.39, 0.29) is 5.97 Å². The summed E-state index contributed by atoms with van der Waals surface area (Å²) < 4.78 is 8.47. The van der Waals surface area contributed by atoms with Crippen LogP contribution in [0.4, 0.5) is 5.82 Å². The van der Waals surface area contributed by atoms with Crippen LogP contribution in [0.3, 0.4) is 0 Å². The maximum atomic E-state index is 12.1. The van der Waals surface area contributed by atoms with Crippen LogP contribution >= 0.6 is 0 Å². The van der Waals surface area contributed by atoms with E-state index < -0.39 is 5.41 Å². The lowest BCUT2D eigenvalue weighted by Gasteiger charge is -2.37. The zero-order valence-electron chi connectivity index (χ0n) is 19.4. The summed E-state index contributed by atoms with van der Waals surface area (Å²) in [5, 5.41) is 18.3. The number of aromatic nitrogens is 5. The van der Waals surface area contributed by atoms with Gasteiger partial charge in [-0.2, -0.15) is 15.5 Å². The van der Waals surface area contributed by atoms with Gasteiger partial charge in [0.25, 0.3) is 0 Å². The molecule has 0 atom stereocenters. The molecule has 172 valence electrons. The zero-order chi connectivity index (χ0) is 23.9. The van der Waals surface area contributed by atoms with Gasteiger partial charge in [0.15, 0.2) is 0 Å². The topological polar surface area (TPSA) is 101 Å². The van der Waals surface area contributed by atoms with Crippen LogP contribution in [0, 0.1) is 16.7 Å². The number of esters is 1. The fourth-order valence-corrected chi connectivity index (χ4v) is 4.56. The summed E-state index contributed by atoms with van der Waals surface area (Å²) in [6.45, 7) is 3.44. The highest BCUT2D eigenvalue weighted by atomic mass is 16.5. The fraction of sp³-hybridized carbons (Fsp3) is 0.320. The van der Waals surface area contributed by atoms with Crippen LogP contribution < -0.4 is 4.90 Å². The highest BCUT2D eigenvalue weighted by Gasteiger charge is 2.38. The molecule has 0 radical (unpaired) electrons. The van der Waals surface area contributed by atoms with E-state index in [1.165, 1.54) is 7.11 Å². The Labute approximate surface area is 197 Å². The molecule has 1 fully saturated rings. The van der Waals surface area contributed by atoms with Crippen molar-refractivity contribution < 1.29 is 9.53 Å². The number of hydrogen-bond acceptors (Lipinski definition) is 7. The first-order valence-corrected chi connectivity index (χ1v) is 11.1. The predicted octanol–water partition coefficient (Wildman–Crippen LogP) is 3.45. The van der Waals surface area contributed by atoms with Gasteiger partial charge in [0, 0.05) is 61.0 Å². The number of hydrogen-bond donors (Lipinski definition) is 0. The van der Waals surface area contributed by atoms with E-state index in [9.17, 15) is 10.1 Å². The Kier molecular flexibility index (Phi) is 5.28. The predicted molar refractivity (Wildman–Crippen MR) is 127 cm³/mol.